The van der Waals surface area contributed by atoms with Gasteiger partial charge in [0.15, 0.2) is 0 Å². The lowest BCUT2D eigenvalue weighted by Crippen LogP contribution is -2.37. The molecular weight excluding hydrogens is 303 g/mol. The molecule has 0 bridgehead atoms. The van der Waals surface area contributed by atoms with Gasteiger partial charge in [-0.05, 0) is 31.1 Å². The molecule has 0 aromatic rings. The summed E-state index contributed by atoms with van der Waals surface area (Å²) in [6, 6.07) is 0. The Balaban J connectivity index is 3.23. The number of aliphatic carboxylic acids is 1. The van der Waals surface area contributed by atoms with E-state index in [0.717, 1.165) is 19.1 Å². The van der Waals surface area contributed by atoms with E-state index in [1.165, 1.54) is 18.2 Å². The number of rotatable bonds is 4. The molecule has 22 heavy (non-hydrogen) atoms. The molecule has 5 nitrogen and oxygen atoms in total. The number of allylic oxidation sites excluding steroid dienone is 3. The summed E-state index contributed by atoms with van der Waals surface area (Å²) in [6.07, 6.45) is 6.01. The smallest absolute Gasteiger partial charge is 0.480 e. The van der Waals surface area contributed by atoms with Crippen LogP contribution in [0, 0.1) is 12.3 Å². The van der Waals surface area contributed by atoms with Crippen LogP contribution in [0.5, 0.6) is 0 Å². The summed E-state index contributed by atoms with van der Waals surface area (Å²) in [5, 5.41) is 8.81. The second-order valence-corrected chi connectivity index (χ2v) is 4.45. The monoisotopic (exact) mass is 315 g/mol. The highest BCUT2D eigenvalue weighted by molar-refractivity contribution is 5.96. The molecule has 1 aliphatic carbocycles. The highest BCUT2D eigenvalue weighted by Gasteiger charge is 2.39. The van der Waals surface area contributed by atoms with Crippen molar-refractivity contribution >= 4 is 11.9 Å². The van der Waals surface area contributed by atoms with Crippen molar-refractivity contribution in [3.05, 3.63) is 36.1 Å². The Bertz CT molecular complexity index is 598. The minimum absolute atomic E-state index is 0.109. The van der Waals surface area contributed by atoms with E-state index in [1.807, 2.05) is 0 Å². The number of carboxylic acid groups (broad SMARTS) is 1. The van der Waals surface area contributed by atoms with E-state index in [9.17, 15) is 22.8 Å². The highest BCUT2D eigenvalue weighted by atomic mass is 19.4. The number of carbonyl (C=O) groups is 2. The molecule has 118 valence electrons. The fraction of sp³-hybridized carbons (Fsp3) is 0.286. The van der Waals surface area contributed by atoms with E-state index >= 15 is 0 Å². The topological polar surface area (TPSA) is 66.8 Å². The van der Waals surface area contributed by atoms with Crippen LogP contribution >= 0.6 is 0 Å². The average Bonchev–Trinajstić information content (AvgIpc) is 2.54. The van der Waals surface area contributed by atoms with Gasteiger partial charge in [-0.3, -0.25) is 19.2 Å². The minimum atomic E-state index is -4.92. The van der Waals surface area contributed by atoms with Crippen molar-refractivity contribution in [3.63, 3.8) is 0 Å². The van der Waals surface area contributed by atoms with E-state index in [0.29, 0.717) is 4.90 Å². The molecule has 8 heteroatoms. The Labute approximate surface area is 124 Å². The van der Waals surface area contributed by atoms with Crippen molar-refractivity contribution in [1.29, 1.82) is 0 Å². The molecule has 0 saturated carbocycles. The van der Waals surface area contributed by atoms with E-state index in [4.69, 9.17) is 11.5 Å². The molecule has 0 heterocycles. The minimum Gasteiger partial charge on any atom is -0.480 e. The van der Waals surface area contributed by atoms with Gasteiger partial charge in [-0.2, -0.15) is 0 Å². The molecule has 0 aromatic carbocycles. The first-order valence-electron chi connectivity index (χ1n) is 5.92. The zero-order chi connectivity index (χ0) is 17.0. The van der Waals surface area contributed by atoms with Gasteiger partial charge in [-0.15, -0.1) is 19.6 Å². The van der Waals surface area contributed by atoms with Crippen molar-refractivity contribution in [2.45, 2.75) is 18.9 Å². The third-order valence-electron chi connectivity index (χ3n) is 2.55. The van der Waals surface area contributed by atoms with Crippen LogP contribution < -0.4 is 0 Å². The van der Waals surface area contributed by atoms with Crippen LogP contribution in [0.15, 0.2) is 36.1 Å². The predicted molar refractivity (Wildman–Crippen MR) is 70.1 cm³/mol. The maximum absolute atomic E-state index is 12.5. The van der Waals surface area contributed by atoms with Gasteiger partial charge in [-0.25, -0.2) is 0 Å². The SMILES string of the molecule is C#CC(=O)N(CC(=O)O)C1=CC(C)(OC(F)(F)F)C=CC=C1. The number of halogens is 3. The summed E-state index contributed by atoms with van der Waals surface area (Å²) in [6.45, 7) is 0.324. The molecule has 0 aliphatic heterocycles. The molecule has 1 aliphatic rings. The summed E-state index contributed by atoms with van der Waals surface area (Å²) >= 11 is 0. The van der Waals surface area contributed by atoms with Gasteiger partial charge < -0.3 is 5.11 Å². The van der Waals surface area contributed by atoms with Crippen molar-refractivity contribution in [2.75, 3.05) is 6.54 Å². The molecule has 0 aromatic heterocycles. The molecule has 1 unspecified atom stereocenters. The van der Waals surface area contributed by atoms with Crippen LogP contribution in [0.1, 0.15) is 6.92 Å². The average molecular weight is 315 g/mol. The number of carboxylic acids is 1. The van der Waals surface area contributed by atoms with E-state index in [1.54, 1.807) is 5.92 Å². The molecular formula is C14H12F3NO4. The van der Waals surface area contributed by atoms with Gasteiger partial charge in [0.1, 0.15) is 12.1 Å². The van der Waals surface area contributed by atoms with Crippen molar-refractivity contribution < 1.29 is 32.6 Å². The Hall–Kier alpha value is -2.53. The number of alkyl halides is 3. The maximum Gasteiger partial charge on any atom is 0.523 e. The lowest BCUT2D eigenvalue weighted by atomic mass is 10.1. The Morgan fingerprint density at radius 1 is 1.45 bits per heavy atom. The van der Waals surface area contributed by atoms with E-state index in [-0.39, 0.29) is 5.70 Å². The Morgan fingerprint density at radius 3 is 2.59 bits per heavy atom. The van der Waals surface area contributed by atoms with Crippen LogP contribution in [-0.4, -0.2) is 40.4 Å². The first-order chi connectivity index (χ1) is 10.1. The van der Waals surface area contributed by atoms with Crippen LogP contribution in [0.4, 0.5) is 13.2 Å². The van der Waals surface area contributed by atoms with Gasteiger partial charge in [-0.1, -0.05) is 12.2 Å². The second-order valence-electron chi connectivity index (χ2n) is 4.45. The van der Waals surface area contributed by atoms with Gasteiger partial charge in [0, 0.05) is 5.70 Å². The number of amides is 1. The zero-order valence-corrected chi connectivity index (χ0v) is 11.4. The number of hydrogen-bond donors (Lipinski definition) is 1. The number of ether oxygens (including phenoxy) is 1. The molecule has 1 amide bonds. The number of terminal acetylenes is 1. The molecule has 1 N–H and O–H groups in total. The number of carbonyl (C=O) groups excluding carboxylic acids is 1. The van der Waals surface area contributed by atoms with Crippen molar-refractivity contribution in [3.8, 4) is 12.3 Å². The van der Waals surface area contributed by atoms with Crippen LogP contribution in [0.25, 0.3) is 0 Å². The lowest BCUT2D eigenvalue weighted by molar-refractivity contribution is -0.347. The summed E-state index contributed by atoms with van der Waals surface area (Å²) in [5.74, 6) is -0.629. The Kier molecular flexibility index (Phi) is 5.17. The molecule has 0 radical (unpaired) electrons. The van der Waals surface area contributed by atoms with Crippen LogP contribution in [0.3, 0.4) is 0 Å². The number of nitrogens with zero attached hydrogens (tertiary/aromatic N) is 1. The first-order valence-corrected chi connectivity index (χ1v) is 5.92. The Morgan fingerprint density at radius 2 is 2.09 bits per heavy atom. The highest BCUT2D eigenvalue weighted by Crippen LogP contribution is 2.30. The summed E-state index contributed by atoms with van der Waals surface area (Å²) < 4.78 is 41.4. The normalized spacial score (nSPS) is 20.8. The zero-order valence-electron chi connectivity index (χ0n) is 11.4. The quantitative estimate of drug-likeness (QED) is 0.804. The second kappa shape index (κ2) is 6.49. The van der Waals surface area contributed by atoms with Gasteiger partial charge >= 0.3 is 18.2 Å². The standard InChI is InChI=1S/C14H12F3NO4/c1-3-11(19)18(9-12(20)21)10-6-4-5-7-13(2,8-10)22-14(15,16)17/h1,4-8H,9H2,2H3,(H,20,21). The molecule has 1 atom stereocenters. The van der Waals surface area contributed by atoms with Crippen LogP contribution in [0.2, 0.25) is 0 Å². The first kappa shape index (κ1) is 17.5. The van der Waals surface area contributed by atoms with Gasteiger partial charge in [0.25, 0.3) is 0 Å². The van der Waals surface area contributed by atoms with Crippen molar-refractivity contribution in [1.82, 2.24) is 4.90 Å². The lowest BCUT2D eigenvalue weighted by Gasteiger charge is -2.27. The molecule has 1 rings (SSSR count). The predicted octanol–water partition coefficient (Wildman–Crippen LogP) is 1.84. The van der Waals surface area contributed by atoms with Gasteiger partial charge in [0.05, 0.1) is 0 Å². The molecule has 0 saturated heterocycles. The fourth-order valence-corrected chi connectivity index (χ4v) is 1.76. The summed E-state index contributed by atoms with van der Waals surface area (Å²) in [4.78, 5) is 23.1. The largest absolute Gasteiger partial charge is 0.523 e. The third-order valence-corrected chi connectivity index (χ3v) is 2.55. The third kappa shape index (κ3) is 5.10. The van der Waals surface area contributed by atoms with Gasteiger partial charge in [0.2, 0.25) is 0 Å². The summed E-state index contributed by atoms with van der Waals surface area (Å²) in [7, 11) is 0. The molecule has 0 spiro atoms. The maximum atomic E-state index is 12.5. The van der Waals surface area contributed by atoms with E-state index in [2.05, 4.69) is 4.74 Å². The molecule has 0 fully saturated rings. The number of hydrogen-bond acceptors (Lipinski definition) is 3. The summed E-state index contributed by atoms with van der Waals surface area (Å²) in [5.41, 5.74) is -2.02. The van der Waals surface area contributed by atoms with E-state index < -0.39 is 30.4 Å². The van der Waals surface area contributed by atoms with Crippen molar-refractivity contribution in [2.24, 2.45) is 0 Å². The fourth-order valence-electron chi connectivity index (χ4n) is 1.76. The van der Waals surface area contributed by atoms with Crippen LogP contribution in [-0.2, 0) is 14.3 Å².